The molecule has 1 heterocycles. The van der Waals surface area contributed by atoms with E-state index in [-0.39, 0.29) is 11.6 Å². The molecular weight excluding hydrogens is 297 g/mol. The topological polar surface area (TPSA) is 60.2 Å². The Morgan fingerprint density at radius 1 is 1.17 bits per heavy atom. The molecule has 118 valence electrons. The molecular formula is C17H16FN3O2. The van der Waals surface area contributed by atoms with Crippen molar-refractivity contribution in [3.8, 4) is 17.2 Å². The molecule has 0 unspecified atom stereocenters. The van der Waals surface area contributed by atoms with Gasteiger partial charge in [-0.2, -0.15) is 4.98 Å². The molecule has 0 spiro atoms. The summed E-state index contributed by atoms with van der Waals surface area (Å²) in [5.41, 5.74) is 1.61. The SMILES string of the molecule is CCOc1ccc(CNc2noc(-c3ccccc3)n2)cc1F. The number of aromatic nitrogens is 2. The molecule has 0 bridgehead atoms. The van der Waals surface area contributed by atoms with Gasteiger partial charge in [-0.1, -0.05) is 24.3 Å². The molecule has 3 aromatic rings. The Hall–Kier alpha value is -2.89. The van der Waals surface area contributed by atoms with E-state index in [9.17, 15) is 4.39 Å². The minimum atomic E-state index is -0.385. The van der Waals surface area contributed by atoms with Gasteiger partial charge in [0.2, 0.25) is 0 Å². The van der Waals surface area contributed by atoms with Crippen LogP contribution in [0.5, 0.6) is 5.75 Å². The van der Waals surface area contributed by atoms with E-state index in [2.05, 4.69) is 15.5 Å². The number of hydrogen-bond donors (Lipinski definition) is 1. The van der Waals surface area contributed by atoms with Crippen molar-refractivity contribution in [3.05, 3.63) is 59.9 Å². The Morgan fingerprint density at radius 3 is 2.74 bits per heavy atom. The van der Waals surface area contributed by atoms with Crippen molar-refractivity contribution in [1.82, 2.24) is 10.1 Å². The van der Waals surface area contributed by atoms with Gasteiger partial charge in [0, 0.05) is 12.1 Å². The van der Waals surface area contributed by atoms with E-state index >= 15 is 0 Å². The summed E-state index contributed by atoms with van der Waals surface area (Å²) in [6, 6.07) is 14.3. The van der Waals surface area contributed by atoms with Crippen LogP contribution in [0.25, 0.3) is 11.5 Å². The lowest BCUT2D eigenvalue weighted by molar-refractivity contribution is 0.321. The predicted octanol–water partition coefficient (Wildman–Crippen LogP) is 3.89. The number of hydrogen-bond acceptors (Lipinski definition) is 5. The fourth-order valence-corrected chi connectivity index (χ4v) is 2.10. The molecule has 0 aliphatic heterocycles. The maximum Gasteiger partial charge on any atom is 0.264 e. The van der Waals surface area contributed by atoms with Crippen LogP contribution in [0.4, 0.5) is 10.3 Å². The van der Waals surface area contributed by atoms with E-state index in [1.54, 1.807) is 12.1 Å². The molecule has 5 nitrogen and oxygen atoms in total. The summed E-state index contributed by atoms with van der Waals surface area (Å²) < 4.78 is 24.2. The Balaban J connectivity index is 1.65. The van der Waals surface area contributed by atoms with Crippen molar-refractivity contribution in [3.63, 3.8) is 0 Å². The molecule has 3 rings (SSSR count). The van der Waals surface area contributed by atoms with Crippen LogP contribution >= 0.6 is 0 Å². The number of ether oxygens (including phenoxy) is 1. The highest BCUT2D eigenvalue weighted by molar-refractivity contribution is 5.53. The third-order valence-corrected chi connectivity index (χ3v) is 3.19. The lowest BCUT2D eigenvalue weighted by Crippen LogP contribution is -2.02. The van der Waals surface area contributed by atoms with Crippen LogP contribution in [0.1, 0.15) is 12.5 Å². The highest BCUT2D eigenvalue weighted by Gasteiger charge is 2.09. The fraction of sp³-hybridized carbons (Fsp3) is 0.176. The molecule has 0 fully saturated rings. The second-order valence-electron chi connectivity index (χ2n) is 4.84. The number of halogens is 1. The van der Waals surface area contributed by atoms with Gasteiger partial charge in [-0.05, 0) is 41.9 Å². The molecule has 0 aliphatic carbocycles. The van der Waals surface area contributed by atoms with E-state index < -0.39 is 0 Å². The largest absolute Gasteiger partial charge is 0.491 e. The van der Waals surface area contributed by atoms with Gasteiger partial charge in [0.15, 0.2) is 11.6 Å². The van der Waals surface area contributed by atoms with E-state index in [1.807, 2.05) is 37.3 Å². The predicted molar refractivity (Wildman–Crippen MR) is 84.6 cm³/mol. The second-order valence-corrected chi connectivity index (χ2v) is 4.84. The first kappa shape index (κ1) is 15.0. The van der Waals surface area contributed by atoms with Crippen molar-refractivity contribution in [2.24, 2.45) is 0 Å². The molecule has 0 aliphatic rings. The van der Waals surface area contributed by atoms with Gasteiger partial charge in [0.1, 0.15) is 0 Å². The maximum atomic E-state index is 13.8. The molecule has 0 radical (unpaired) electrons. The lowest BCUT2D eigenvalue weighted by Gasteiger charge is -2.06. The van der Waals surface area contributed by atoms with Crippen LogP contribution in [-0.2, 0) is 6.54 Å². The zero-order valence-electron chi connectivity index (χ0n) is 12.6. The van der Waals surface area contributed by atoms with E-state index in [0.29, 0.717) is 25.0 Å². The van der Waals surface area contributed by atoms with Gasteiger partial charge >= 0.3 is 0 Å². The zero-order valence-corrected chi connectivity index (χ0v) is 12.6. The molecule has 2 aromatic carbocycles. The van der Waals surface area contributed by atoms with E-state index in [4.69, 9.17) is 9.26 Å². The van der Waals surface area contributed by atoms with Crippen molar-refractivity contribution in [2.75, 3.05) is 11.9 Å². The number of anilines is 1. The summed E-state index contributed by atoms with van der Waals surface area (Å²) in [6.07, 6.45) is 0. The second kappa shape index (κ2) is 6.91. The molecule has 0 saturated heterocycles. The van der Waals surface area contributed by atoms with Gasteiger partial charge < -0.3 is 14.6 Å². The average Bonchev–Trinajstić information content (AvgIpc) is 3.05. The highest BCUT2D eigenvalue weighted by atomic mass is 19.1. The summed E-state index contributed by atoms with van der Waals surface area (Å²) in [7, 11) is 0. The van der Waals surface area contributed by atoms with Crippen molar-refractivity contribution >= 4 is 5.95 Å². The van der Waals surface area contributed by atoms with Crippen LogP contribution in [-0.4, -0.2) is 16.7 Å². The van der Waals surface area contributed by atoms with Gasteiger partial charge in [0.05, 0.1) is 6.61 Å². The first-order chi connectivity index (χ1) is 11.3. The van der Waals surface area contributed by atoms with Crippen LogP contribution in [0.15, 0.2) is 53.1 Å². The first-order valence-corrected chi connectivity index (χ1v) is 7.30. The van der Waals surface area contributed by atoms with Gasteiger partial charge in [-0.25, -0.2) is 4.39 Å². The Kier molecular flexibility index (Phi) is 4.52. The van der Waals surface area contributed by atoms with E-state index in [1.165, 1.54) is 6.07 Å². The van der Waals surface area contributed by atoms with Crippen molar-refractivity contribution in [2.45, 2.75) is 13.5 Å². The summed E-state index contributed by atoms with van der Waals surface area (Å²) >= 11 is 0. The molecule has 0 amide bonds. The van der Waals surface area contributed by atoms with Crippen LogP contribution in [0, 0.1) is 5.82 Å². The Morgan fingerprint density at radius 2 is 2.00 bits per heavy atom. The monoisotopic (exact) mass is 313 g/mol. The lowest BCUT2D eigenvalue weighted by atomic mass is 10.2. The average molecular weight is 313 g/mol. The van der Waals surface area contributed by atoms with Crippen molar-refractivity contribution in [1.29, 1.82) is 0 Å². The Bertz CT molecular complexity index is 775. The van der Waals surface area contributed by atoms with Gasteiger partial charge in [0.25, 0.3) is 11.8 Å². The molecule has 1 N–H and O–H groups in total. The third kappa shape index (κ3) is 3.66. The quantitative estimate of drug-likeness (QED) is 0.748. The van der Waals surface area contributed by atoms with E-state index in [0.717, 1.165) is 11.1 Å². The highest BCUT2D eigenvalue weighted by Crippen LogP contribution is 2.20. The molecule has 23 heavy (non-hydrogen) atoms. The maximum absolute atomic E-state index is 13.8. The number of nitrogens with zero attached hydrogens (tertiary/aromatic N) is 2. The smallest absolute Gasteiger partial charge is 0.264 e. The van der Waals surface area contributed by atoms with Crippen molar-refractivity contribution < 1.29 is 13.7 Å². The normalized spacial score (nSPS) is 10.5. The molecule has 6 heteroatoms. The standard InChI is InChI=1S/C17H16FN3O2/c1-2-22-15-9-8-12(10-14(15)18)11-19-17-20-16(23-21-17)13-6-4-3-5-7-13/h3-10H,2,11H2,1H3,(H,19,21). The molecule has 0 saturated carbocycles. The minimum Gasteiger partial charge on any atom is -0.491 e. The van der Waals surface area contributed by atoms with Gasteiger partial charge in [-0.3, -0.25) is 0 Å². The number of benzene rings is 2. The van der Waals surface area contributed by atoms with Crippen LogP contribution in [0.3, 0.4) is 0 Å². The van der Waals surface area contributed by atoms with Gasteiger partial charge in [-0.15, -0.1) is 0 Å². The molecule has 1 aromatic heterocycles. The van der Waals surface area contributed by atoms with Crippen LogP contribution in [0.2, 0.25) is 0 Å². The van der Waals surface area contributed by atoms with Crippen LogP contribution < -0.4 is 10.1 Å². The first-order valence-electron chi connectivity index (χ1n) is 7.30. The third-order valence-electron chi connectivity index (χ3n) is 3.19. The zero-order chi connectivity index (χ0) is 16.1. The summed E-state index contributed by atoms with van der Waals surface area (Å²) in [6.45, 7) is 2.63. The summed E-state index contributed by atoms with van der Waals surface area (Å²) in [5, 5.41) is 6.87. The molecule has 0 atom stereocenters. The Labute approximate surface area is 133 Å². The number of nitrogens with one attached hydrogen (secondary N) is 1. The fourth-order valence-electron chi connectivity index (χ4n) is 2.10. The summed E-state index contributed by atoms with van der Waals surface area (Å²) in [5.74, 6) is 0.663. The summed E-state index contributed by atoms with van der Waals surface area (Å²) in [4.78, 5) is 4.26. The number of rotatable bonds is 6. The minimum absolute atomic E-state index is 0.252.